The third kappa shape index (κ3) is 7.54. The zero-order chi connectivity index (χ0) is 27.7. The van der Waals surface area contributed by atoms with Crippen molar-refractivity contribution in [3.63, 3.8) is 0 Å². The number of rotatable bonds is 11. The monoisotopic (exact) mass is 545 g/mol. The van der Waals surface area contributed by atoms with Gasteiger partial charge >= 0.3 is 5.97 Å². The number of morpholine rings is 1. The van der Waals surface area contributed by atoms with Crippen LogP contribution < -0.4 is 16.0 Å². The number of aromatic nitrogens is 2. The summed E-state index contributed by atoms with van der Waals surface area (Å²) in [5.74, 6) is -0.218. The summed E-state index contributed by atoms with van der Waals surface area (Å²) in [6.07, 6.45) is 3.74. The van der Waals surface area contributed by atoms with Gasteiger partial charge in [-0.15, -0.1) is 0 Å². The van der Waals surface area contributed by atoms with Crippen LogP contribution in [0.1, 0.15) is 17.5 Å². The summed E-state index contributed by atoms with van der Waals surface area (Å²) in [4.78, 5) is 27.2. The van der Waals surface area contributed by atoms with Gasteiger partial charge in [-0.1, -0.05) is 24.3 Å². The summed E-state index contributed by atoms with van der Waals surface area (Å²) < 4.78 is 5.59. The molecule has 0 bridgehead atoms. The van der Waals surface area contributed by atoms with Crippen molar-refractivity contribution in [3.8, 4) is 11.3 Å². The van der Waals surface area contributed by atoms with E-state index >= 15 is 0 Å². The molecule has 40 heavy (non-hydrogen) atoms. The molecule has 4 N–H and O–H groups in total. The molecule has 0 spiro atoms. The van der Waals surface area contributed by atoms with Crippen molar-refractivity contribution in [1.29, 1.82) is 0 Å². The van der Waals surface area contributed by atoms with Crippen molar-refractivity contribution < 1.29 is 14.6 Å². The van der Waals surface area contributed by atoms with Crippen LogP contribution in [0.5, 0.6) is 0 Å². The Bertz CT molecular complexity index is 1260. The fraction of sp³-hybridized carbons (Fsp3) is 0.433. The minimum atomic E-state index is -0.771. The summed E-state index contributed by atoms with van der Waals surface area (Å²) in [6.45, 7) is 7.95. The van der Waals surface area contributed by atoms with Crippen molar-refractivity contribution in [3.05, 3.63) is 65.9 Å². The first-order chi connectivity index (χ1) is 19.6. The van der Waals surface area contributed by atoms with Crippen LogP contribution in [-0.2, 0) is 22.5 Å². The van der Waals surface area contributed by atoms with Crippen LogP contribution in [0.25, 0.3) is 11.3 Å². The highest BCUT2D eigenvalue weighted by Gasteiger charge is 2.22. The maximum Gasteiger partial charge on any atom is 0.317 e. The first kappa shape index (κ1) is 28.0. The molecule has 212 valence electrons. The molecule has 0 radical (unpaired) electrons. The largest absolute Gasteiger partial charge is 0.480 e. The average molecular weight is 546 g/mol. The van der Waals surface area contributed by atoms with Crippen molar-refractivity contribution in [2.24, 2.45) is 5.73 Å². The Morgan fingerprint density at radius 3 is 2.45 bits per heavy atom. The summed E-state index contributed by atoms with van der Waals surface area (Å²) in [6, 6.07) is 16.9. The molecule has 0 saturated carbocycles. The number of carboxylic acid groups (broad SMARTS) is 1. The number of ether oxygens (including phenoxy) is 1. The lowest BCUT2D eigenvalue weighted by atomic mass is 10.1. The molecule has 0 unspecified atom stereocenters. The van der Waals surface area contributed by atoms with Crippen molar-refractivity contribution >= 4 is 23.3 Å². The molecule has 0 aliphatic carbocycles. The minimum Gasteiger partial charge on any atom is -0.480 e. The Morgan fingerprint density at radius 1 is 0.975 bits per heavy atom. The molecular weight excluding hydrogens is 506 g/mol. The smallest absolute Gasteiger partial charge is 0.317 e. The molecule has 1 aromatic heterocycles. The van der Waals surface area contributed by atoms with Gasteiger partial charge in [-0.05, 0) is 54.8 Å². The second-order valence-electron chi connectivity index (χ2n) is 10.4. The second kappa shape index (κ2) is 13.7. The van der Waals surface area contributed by atoms with Gasteiger partial charge in [0.25, 0.3) is 0 Å². The van der Waals surface area contributed by atoms with Gasteiger partial charge in [0.2, 0.25) is 5.95 Å². The van der Waals surface area contributed by atoms with Crippen LogP contribution in [-0.4, -0.2) is 96.4 Å². The van der Waals surface area contributed by atoms with Gasteiger partial charge in [-0.3, -0.25) is 14.6 Å². The minimum absolute atomic E-state index is 0.101. The molecule has 5 rings (SSSR count). The lowest BCUT2D eigenvalue weighted by molar-refractivity contribution is -0.138. The standard InChI is InChI=1S/C30H39N7O3/c31-10-1-2-23-3-5-24(6-4-23)27-9-11-32-30(34-27)33-26-7-8-28(37-16-18-40-19-17-37)25(20-26)21-35-12-14-36(15-13-35)22-29(38)39/h3-9,11,20H,1-2,10,12-19,21-22,31H2,(H,38,39)(H,32,33,34). The SMILES string of the molecule is NCCCc1ccc(-c2ccnc(Nc3ccc(N4CCOCC4)c(CN4CCN(CC(=O)O)CC4)c3)n2)cc1. The lowest BCUT2D eigenvalue weighted by Crippen LogP contribution is -2.47. The molecule has 3 aromatic rings. The highest BCUT2D eigenvalue weighted by atomic mass is 16.5. The van der Waals surface area contributed by atoms with Gasteiger partial charge in [-0.2, -0.15) is 0 Å². The van der Waals surface area contributed by atoms with Crippen LogP contribution in [0.3, 0.4) is 0 Å². The van der Waals surface area contributed by atoms with Crippen molar-refractivity contribution in [1.82, 2.24) is 19.8 Å². The van der Waals surface area contributed by atoms with Crippen LogP contribution >= 0.6 is 0 Å². The number of hydrogen-bond donors (Lipinski definition) is 3. The summed E-state index contributed by atoms with van der Waals surface area (Å²) >= 11 is 0. The van der Waals surface area contributed by atoms with E-state index in [0.717, 1.165) is 88.8 Å². The van der Waals surface area contributed by atoms with Gasteiger partial charge in [0, 0.05) is 68.9 Å². The highest BCUT2D eigenvalue weighted by molar-refractivity contribution is 5.69. The van der Waals surface area contributed by atoms with E-state index in [2.05, 4.69) is 62.6 Å². The van der Waals surface area contributed by atoms with Crippen LogP contribution in [0.2, 0.25) is 0 Å². The molecule has 3 heterocycles. The number of carbonyl (C=O) groups is 1. The molecule has 0 atom stereocenters. The van der Waals surface area contributed by atoms with E-state index in [0.29, 0.717) is 12.5 Å². The Hall–Kier alpha value is -3.57. The number of anilines is 3. The quantitative estimate of drug-likeness (QED) is 0.332. The number of nitrogens with one attached hydrogen (secondary N) is 1. The predicted molar refractivity (Wildman–Crippen MR) is 157 cm³/mol. The summed E-state index contributed by atoms with van der Waals surface area (Å²) in [5.41, 5.74) is 12.2. The van der Waals surface area contributed by atoms with Crippen molar-refractivity contribution in [2.45, 2.75) is 19.4 Å². The molecule has 0 amide bonds. The van der Waals surface area contributed by atoms with Gasteiger partial charge in [0.1, 0.15) is 0 Å². The number of aryl methyl sites for hydroxylation is 1. The van der Waals surface area contributed by atoms with Gasteiger partial charge < -0.3 is 25.8 Å². The average Bonchev–Trinajstić information content (AvgIpc) is 2.98. The lowest BCUT2D eigenvalue weighted by Gasteiger charge is -2.36. The molecule has 2 fully saturated rings. The summed E-state index contributed by atoms with van der Waals surface area (Å²) in [5, 5.41) is 12.5. The Labute approximate surface area is 235 Å². The first-order valence-corrected chi connectivity index (χ1v) is 14.1. The molecule has 2 aromatic carbocycles. The van der Waals surface area contributed by atoms with Crippen LogP contribution in [0, 0.1) is 0 Å². The number of benzene rings is 2. The number of nitrogens with zero attached hydrogens (tertiary/aromatic N) is 5. The second-order valence-corrected chi connectivity index (χ2v) is 10.4. The first-order valence-electron chi connectivity index (χ1n) is 14.1. The maximum atomic E-state index is 11.1. The van der Waals surface area contributed by atoms with Crippen molar-refractivity contribution in [2.75, 3.05) is 75.8 Å². The highest BCUT2D eigenvalue weighted by Crippen LogP contribution is 2.29. The molecule has 10 nitrogen and oxygen atoms in total. The number of nitrogens with two attached hydrogens (primary N) is 1. The Morgan fingerprint density at radius 2 is 1.73 bits per heavy atom. The van der Waals surface area contributed by atoms with Crippen LogP contribution in [0.15, 0.2) is 54.7 Å². The van der Waals surface area contributed by atoms with Gasteiger partial charge in [0.15, 0.2) is 0 Å². The van der Waals surface area contributed by atoms with Gasteiger partial charge in [-0.25, -0.2) is 9.97 Å². The fourth-order valence-electron chi connectivity index (χ4n) is 5.30. The van der Waals surface area contributed by atoms with E-state index in [1.807, 2.05) is 11.0 Å². The zero-order valence-corrected chi connectivity index (χ0v) is 23.0. The third-order valence-electron chi connectivity index (χ3n) is 7.48. The number of aliphatic carboxylic acids is 1. The van der Waals surface area contributed by atoms with E-state index in [4.69, 9.17) is 20.6 Å². The van der Waals surface area contributed by atoms with E-state index in [1.54, 1.807) is 6.20 Å². The Kier molecular flexibility index (Phi) is 9.56. The third-order valence-corrected chi connectivity index (χ3v) is 7.48. The normalized spacial score (nSPS) is 16.7. The summed E-state index contributed by atoms with van der Waals surface area (Å²) in [7, 11) is 0. The number of carboxylic acids is 1. The molecular formula is C30H39N7O3. The fourth-order valence-corrected chi connectivity index (χ4v) is 5.30. The number of hydrogen-bond acceptors (Lipinski definition) is 9. The van der Waals surface area contributed by atoms with E-state index in [1.165, 1.54) is 16.8 Å². The molecule has 2 aliphatic rings. The van der Waals surface area contributed by atoms with Gasteiger partial charge in [0.05, 0.1) is 25.5 Å². The van der Waals surface area contributed by atoms with E-state index in [-0.39, 0.29) is 6.54 Å². The topological polar surface area (TPSA) is 120 Å². The van der Waals surface area contributed by atoms with E-state index in [9.17, 15) is 4.79 Å². The van der Waals surface area contributed by atoms with Crippen LogP contribution in [0.4, 0.5) is 17.3 Å². The Balaban J connectivity index is 1.31. The zero-order valence-electron chi connectivity index (χ0n) is 23.0. The van der Waals surface area contributed by atoms with E-state index < -0.39 is 5.97 Å². The molecule has 10 heteroatoms. The number of piperazine rings is 1. The molecule has 2 aliphatic heterocycles. The predicted octanol–water partition coefficient (Wildman–Crippen LogP) is 2.82. The molecule has 2 saturated heterocycles. The maximum absolute atomic E-state index is 11.1.